The Morgan fingerprint density at radius 3 is 2.53 bits per heavy atom. The molecule has 0 aromatic heterocycles. The third kappa shape index (κ3) is 4.98. The van der Waals surface area contributed by atoms with Gasteiger partial charge in [-0.25, -0.2) is 0 Å². The maximum absolute atomic E-state index is 5.06. The van der Waals surface area contributed by atoms with Crippen LogP contribution in [0, 0.1) is 5.92 Å². The van der Waals surface area contributed by atoms with Gasteiger partial charge in [-0.1, -0.05) is 25.7 Å². The normalized spacial score (nSPS) is 19.6. The molecular formula is C13H27NO. The molecule has 1 aliphatic carbocycles. The molecule has 0 saturated heterocycles. The lowest BCUT2D eigenvalue weighted by molar-refractivity contribution is 0.191. The van der Waals surface area contributed by atoms with E-state index in [2.05, 4.69) is 12.4 Å². The monoisotopic (exact) mass is 213 g/mol. The molecule has 1 atom stereocenters. The Balaban J connectivity index is 2.05. The Kier molecular flexibility index (Phi) is 7.03. The fraction of sp³-hybridized carbons (Fsp3) is 1.00. The molecule has 0 aromatic carbocycles. The van der Waals surface area contributed by atoms with E-state index in [1.54, 1.807) is 7.11 Å². The van der Waals surface area contributed by atoms with Crippen LogP contribution in [0.15, 0.2) is 0 Å². The van der Waals surface area contributed by atoms with E-state index in [0.717, 1.165) is 18.6 Å². The van der Waals surface area contributed by atoms with E-state index in [4.69, 9.17) is 4.74 Å². The molecule has 0 aromatic rings. The van der Waals surface area contributed by atoms with E-state index in [-0.39, 0.29) is 0 Å². The molecule has 1 rings (SSSR count). The van der Waals surface area contributed by atoms with Crippen molar-refractivity contribution in [2.24, 2.45) is 5.92 Å². The van der Waals surface area contributed by atoms with Crippen LogP contribution in [0.25, 0.3) is 0 Å². The number of hydrogen-bond donors (Lipinski definition) is 1. The molecule has 1 aliphatic rings. The molecule has 1 saturated carbocycles. The van der Waals surface area contributed by atoms with Gasteiger partial charge >= 0.3 is 0 Å². The molecule has 0 bridgehead atoms. The molecule has 0 amide bonds. The Labute approximate surface area is 94.8 Å². The van der Waals surface area contributed by atoms with Crippen LogP contribution in [0.4, 0.5) is 0 Å². The van der Waals surface area contributed by atoms with Gasteiger partial charge < -0.3 is 10.1 Å². The second kappa shape index (κ2) is 8.12. The van der Waals surface area contributed by atoms with Crippen molar-refractivity contribution in [1.29, 1.82) is 0 Å². The second-order valence-electron chi connectivity index (χ2n) is 4.78. The quantitative estimate of drug-likeness (QED) is 0.626. The van der Waals surface area contributed by atoms with E-state index < -0.39 is 0 Å². The maximum Gasteiger partial charge on any atom is 0.0462 e. The van der Waals surface area contributed by atoms with E-state index in [0.29, 0.717) is 0 Å². The zero-order valence-corrected chi connectivity index (χ0v) is 10.4. The van der Waals surface area contributed by atoms with Crippen molar-refractivity contribution in [3.8, 4) is 0 Å². The molecule has 0 radical (unpaired) electrons. The van der Waals surface area contributed by atoms with Gasteiger partial charge in [0.25, 0.3) is 0 Å². The van der Waals surface area contributed by atoms with Crippen LogP contribution in [0.3, 0.4) is 0 Å². The first-order valence-electron chi connectivity index (χ1n) is 6.54. The third-order valence-electron chi connectivity index (χ3n) is 3.70. The summed E-state index contributed by atoms with van der Waals surface area (Å²) in [6.07, 6.45) is 11.0. The SMILES string of the molecule is CNC(CCCCCOC)C1CCCC1. The van der Waals surface area contributed by atoms with Gasteiger partial charge in [0.15, 0.2) is 0 Å². The summed E-state index contributed by atoms with van der Waals surface area (Å²) in [4.78, 5) is 0. The van der Waals surface area contributed by atoms with Crippen LogP contribution >= 0.6 is 0 Å². The van der Waals surface area contributed by atoms with Crippen LogP contribution < -0.4 is 5.32 Å². The number of hydrogen-bond acceptors (Lipinski definition) is 2. The lowest BCUT2D eigenvalue weighted by atomic mass is 9.93. The van der Waals surface area contributed by atoms with E-state index >= 15 is 0 Å². The number of unbranched alkanes of at least 4 members (excludes halogenated alkanes) is 2. The summed E-state index contributed by atoms with van der Waals surface area (Å²) in [6.45, 7) is 0.924. The van der Waals surface area contributed by atoms with Crippen molar-refractivity contribution in [3.63, 3.8) is 0 Å². The van der Waals surface area contributed by atoms with Gasteiger partial charge in [0, 0.05) is 19.8 Å². The lowest BCUT2D eigenvalue weighted by Crippen LogP contribution is -2.32. The highest BCUT2D eigenvalue weighted by atomic mass is 16.5. The molecular weight excluding hydrogens is 186 g/mol. The van der Waals surface area contributed by atoms with Gasteiger partial charge in [-0.15, -0.1) is 0 Å². The average Bonchev–Trinajstić information content (AvgIpc) is 2.77. The summed E-state index contributed by atoms with van der Waals surface area (Å²) in [6, 6.07) is 0.773. The van der Waals surface area contributed by atoms with Crippen LogP contribution in [0.1, 0.15) is 51.4 Å². The Hall–Kier alpha value is -0.0800. The van der Waals surface area contributed by atoms with Crippen molar-refractivity contribution >= 4 is 0 Å². The minimum atomic E-state index is 0.773. The van der Waals surface area contributed by atoms with Crippen LogP contribution in [0.2, 0.25) is 0 Å². The highest BCUT2D eigenvalue weighted by Gasteiger charge is 2.22. The molecule has 15 heavy (non-hydrogen) atoms. The summed E-state index contributed by atoms with van der Waals surface area (Å²) in [7, 11) is 3.91. The minimum absolute atomic E-state index is 0.773. The van der Waals surface area contributed by atoms with Crippen molar-refractivity contribution in [2.45, 2.75) is 57.4 Å². The first-order valence-corrected chi connectivity index (χ1v) is 6.54. The lowest BCUT2D eigenvalue weighted by Gasteiger charge is -2.22. The first kappa shape index (κ1) is 13.0. The molecule has 0 spiro atoms. The number of ether oxygens (including phenoxy) is 1. The largest absolute Gasteiger partial charge is 0.385 e. The standard InChI is InChI=1S/C13H27NO/c1-14-13(12-8-5-6-9-12)10-4-3-7-11-15-2/h12-14H,3-11H2,1-2H3. The maximum atomic E-state index is 5.06. The molecule has 1 fully saturated rings. The molecule has 2 heteroatoms. The van der Waals surface area contributed by atoms with Gasteiger partial charge in [0.1, 0.15) is 0 Å². The fourth-order valence-electron chi connectivity index (χ4n) is 2.76. The molecule has 1 unspecified atom stereocenters. The van der Waals surface area contributed by atoms with Gasteiger partial charge in [-0.2, -0.15) is 0 Å². The number of nitrogens with one attached hydrogen (secondary N) is 1. The number of methoxy groups -OCH3 is 1. The highest BCUT2D eigenvalue weighted by molar-refractivity contribution is 4.79. The minimum Gasteiger partial charge on any atom is -0.385 e. The predicted octanol–water partition coefficient (Wildman–Crippen LogP) is 2.97. The van der Waals surface area contributed by atoms with E-state index in [1.807, 2.05) is 0 Å². The van der Waals surface area contributed by atoms with E-state index in [9.17, 15) is 0 Å². The summed E-state index contributed by atoms with van der Waals surface area (Å²) in [5.74, 6) is 0.956. The summed E-state index contributed by atoms with van der Waals surface area (Å²) < 4.78 is 5.06. The van der Waals surface area contributed by atoms with Crippen LogP contribution in [-0.2, 0) is 4.74 Å². The van der Waals surface area contributed by atoms with Gasteiger partial charge in [-0.3, -0.25) is 0 Å². The summed E-state index contributed by atoms with van der Waals surface area (Å²) in [5.41, 5.74) is 0. The van der Waals surface area contributed by atoms with Gasteiger partial charge in [-0.05, 0) is 38.6 Å². The predicted molar refractivity (Wildman–Crippen MR) is 65.1 cm³/mol. The van der Waals surface area contributed by atoms with Crippen molar-refractivity contribution in [2.75, 3.05) is 20.8 Å². The second-order valence-corrected chi connectivity index (χ2v) is 4.78. The molecule has 2 nitrogen and oxygen atoms in total. The zero-order valence-electron chi connectivity index (χ0n) is 10.4. The molecule has 0 heterocycles. The van der Waals surface area contributed by atoms with Gasteiger partial charge in [0.2, 0.25) is 0 Å². The summed E-state index contributed by atoms with van der Waals surface area (Å²) in [5, 5.41) is 3.50. The fourth-order valence-corrected chi connectivity index (χ4v) is 2.76. The molecule has 0 aliphatic heterocycles. The van der Waals surface area contributed by atoms with Crippen molar-refractivity contribution in [1.82, 2.24) is 5.32 Å². The topological polar surface area (TPSA) is 21.3 Å². The van der Waals surface area contributed by atoms with E-state index in [1.165, 1.54) is 51.4 Å². The van der Waals surface area contributed by atoms with Gasteiger partial charge in [0.05, 0.1) is 0 Å². The first-order chi connectivity index (χ1) is 7.38. The van der Waals surface area contributed by atoms with Crippen molar-refractivity contribution < 1.29 is 4.74 Å². The van der Waals surface area contributed by atoms with Crippen LogP contribution in [-0.4, -0.2) is 26.8 Å². The highest BCUT2D eigenvalue weighted by Crippen LogP contribution is 2.29. The smallest absolute Gasteiger partial charge is 0.0462 e. The Bertz CT molecular complexity index is 143. The Morgan fingerprint density at radius 2 is 1.93 bits per heavy atom. The average molecular weight is 213 g/mol. The van der Waals surface area contributed by atoms with Crippen molar-refractivity contribution in [3.05, 3.63) is 0 Å². The zero-order chi connectivity index (χ0) is 10.9. The summed E-state index contributed by atoms with van der Waals surface area (Å²) >= 11 is 0. The third-order valence-corrected chi connectivity index (χ3v) is 3.70. The van der Waals surface area contributed by atoms with Crippen LogP contribution in [0.5, 0.6) is 0 Å². The Morgan fingerprint density at radius 1 is 1.20 bits per heavy atom. The number of rotatable bonds is 8. The molecule has 90 valence electrons. The molecule has 1 N–H and O–H groups in total.